The number of aromatic nitrogens is 2. The monoisotopic (exact) mass is 260 g/mol. The van der Waals surface area contributed by atoms with E-state index in [0.29, 0.717) is 12.1 Å². The molecule has 5 heteroatoms. The highest BCUT2D eigenvalue weighted by Gasteiger charge is 2.15. The van der Waals surface area contributed by atoms with Crippen LogP contribution in [0, 0.1) is 0 Å². The van der Waals surface area contributed by atoms with Crippen molar-refractivity contribution in [2.24, 2.45) is 5.73 Å². The summed E-state index contributed by atoms with van der Waals surface area (Å²) in [5.74, 6) is -0.104. The summed E-state index contributed by atoms with van der Waals surface area (Å²) in [7, 11) is 0. The molecule has 0 aliphatic heterocycles. The van der Waals surface area contributed by atoms with Crippen LogP contribution in [0.3, 0.4) is 0 Å². The summed E-state index contributed by atoms with van der Waals surface area (Å²) in [5.41, 5.74) is 7.10. The number of nitrogens with one attached hydrogen (secondary N) is 1. The van der Waals surface area contributed by atoms with Crippen molar-refractivity contribution in [3.8, 4) is 0 Å². The maximum atomic E-state index is 12.2. The first-order valence-corrected chi connectivity index (χ1v) is 6.69. The number of hydrogen-bond acceptors (Lipinski definition) is 3. The summed E-state index contributed by atoms with van der Waals surface area (Å²) in [6.07, 6.45) is 6.50. The highest BCUT2D eigenvalue weighted by Crippen LogP contribution is 2.10. The molecule has 102 valence electrons. The standard InChI is InChI=1S/C14H20N4O/c1-2-3-6-11(9-15)17-14(19)12-10-16-18-8-5-4-7-13(12)18/h4-5,7-8,10-11H,2-3,6,9,15H2,1H3,(H,17,19). The fraction of sp³-hybridized carbons (Fsp3) is 0.429. The SMILES string of the molecule is CCCCC(CN)NC(=O)c1cnn2ccccc12. The number of fused-ring (bicyclic) bond motifs is 1. The molecule has 19 heavy (non-hydrogen) atoms. The first-order valence-electron chi connectivity index (χ1n) is 6.69. The third-order valence-corrected chi connectivity index (χ3v) is 3.20. The van der Waals surface area contributed by atoms with E-state index in [-0.39, 0.29) is 11.9 Å². The summed E-state index contributed by atoms with van der Waals surface area (Å²) in [4.78, 5) is 12.2. The van der Waals surface area contributed by atoms with Gasteiger partial charge >= 0.3 is 0 Å². The lowest BCUT2D eigenvalue weighted by Crippen LogP contribution is -2.40. The van der Waals surface area contributed by atoms with Crippen LogP contribution in [0.4, 0.5) is 0 Å². The third-order valence-electron chi connectivity index (χ3n) is 3.20. The zero-order valence-electron chi connectivity index (χ0n) is 11.2. The number of amides is 1. The Morgan fingerprint density at radius 3 is 3.11 bits per heavy atom. The number of pyridine rings is 1. The minimum Gasteiger partial charge on any atom is -0.348 e. The molecule has 2 aromatic rings. The Morgan fingerprint density at radius 1 is 1.53 bits per heavy atom. The summed E-state index contributed by atoms with van der Waals surface area (Å²) >= 11 is 0. The lowest BCUT2D eigenvalue weighted by atomic mass is 10.1. The normalized spacial score (nSPS) is 12.5. The molecule has 1 unspecified atom stereocenters. The maximum absolute atomic E-state index is 12.2. The minimum absolute atomic E-state index is 0.0334. The van der Waals surface area contributed by atoms with Crippen molar-refractivity contribution in [2.45, 2.75) is 32.2 Å². The summed E-state index contributed by atoms with van der Waals surface area (Å²) in [6, 6.07) is 5.69. The first kappa shape index (κ1) is 13.5. The van der Waals surface area contributed by atoms with Gasteiger partial charge in [-0.2, -0.15) is 5.10 Å². The van der Waals surface area contributed by atoms with Crippen LogP contribution in [0.2, 0.25) is 0 Å². The second-order valence-electron chi connectivity index (χ2n) is 4.64. The molecule has 0 bridgehead atoms. The van der Waals surface area contributed by atoms with Crippen LogP contribution in [-0.2, 0) is 0 Å². The molecule has 0 fully saturated rings. The Bertz CT molecular complexity index is 549. The lowest BCUT2D eigenvalue weighted by Gasteiger charge is -2.15. The predicted molar refractivity (Wildman–Crippen MR) is 75.0 cm³/mol. The van der Waals surface area contributed by atoms with Gasteiger partial charge in [0.05, 0.1) is 17.3 Å². The van der Waals surface area contributed by atoms with Crippen molar-refractivity contribution in [1.29, 1.82) is 0 Å². The summed E-state index contributed by atoms with van der Waals surface area (Å²) in [5, 5.41) is 7.14. The van der Waals surface area contributed by atoms with Crippen molar-refractivity contribution >= 4 is 11.4 Å². The number of nitrogens with zero attached hydrogens (tertiary/aromatic N) is 2. The van der Waals surface area contributed by atoms with Gasteiger partial charge in [-0.1, -0.05) is 25.8 Å². The maximum Gasteiger partial charge on any atom is 0.255 e. The van der Waals surface area contributed by atoms with Crippen molar-refractivity contribution in [3.05, 3.63) is 36.2 Å². The van der Waals surface area contributed by atoms with E-state index in [4.69, 9.17) is 5.73 Å². The quantitative estimate of drug-likeness (QED) is 0.828. The smallest absolute Gasteiger partial charge is 0.255 e. The van der Waals surface area contributed by atoms with Crippen molar-refractivity contribution in [1.82, 2.24) is 14.9 Å². The van der Waals surface area contributed by atoms with Crippen LogP contribution in [-0.4, -0.2) is 28.1 Å². The average Bonchev–Trinajstić information content (AvgIpc) is 2.87. The van der Waals surface area contributed by atoms with Gasteiger partial charge in [0, 0.05) is 18.8 Å². The summed E-state index contributed by atoms with van der Waals surface area (Å²) < 4.78 is 1.69. The molecule has 1 atom stereocenters. The minimum atomic E-state index is -0.104. The molecule has 0 spiro atoms. The van der Waals surface area contributed by atoms with Crippen LogP contribution in [0.25, 0.3) is 5.52 Å². The third kappa shape index (κ3) is 3.12. The average molecular weight is 260 g/mol. The van der Waals surface area contributed by atoms with Crippen LogP contribution in [0.15, 0.2) is 30.6 Å². The Hall–Kier alpha value is -1.88. The number of unbranched alkanes of at least 4 members (excludes halogenated alkanes) is 1. The number of hydrogen-bond donors (Lipinski definition) is 2. The number of rotatable bonds is 6. The van der Waals surface area contributed by atoms with E-state index in [1.807, 2.05) is 24.4 Å². The van der Waals surface area contributed by atoms with Gasteiger partial charge in [-0.25, -0.2) is 4.52 Å². The van der Waals surface area contributed by atoms with Crippen LogP contribution < -0.4 is 11.1 Å². The van der Waals surface area contributed by atoms with Gasteiger partial charge in [-0.05, 0) is 18.6 Å². The largest absolute Gasteiger partial charge is 0.348 e. The van der Waals surface area contributed by atoms with Crippen molar-refractivity contribution in [2.75, 3.05) is 6.54 Å². The van der Waals surface area contributed by atoms with Gasteiger partial charge in [-0.3, -0.25) is 4.79 Å². The molecule has 3 N–H and O–H groups in total. The van der Waals surface area contributed by atoms with Crippen molar-refractivity contribution in [3.63, 3.8) is 0 Å². The number of carbonyl (C=O) groups excluding carboxylic acids is 1. The molecule has 2 rings (SSSR count). The predicted octanol–water partition coefficient (Wildman–Crippen LogP) is 1.58. The summed E-state index contributed by atoms with van der Waals surface area (Å²) in [6.45, 7) is 2.59. The van der Waals surface area contributed by atoms with Crippen LogP contribution in [0.5, 0.6) is 0 Å². The Labute approximate surface area is 112 Å². The molecule has 0 aliphatic carbocycles. The molecule has 0 saturated heterocycles. The van der Waals surface area contributed by atoms with E-state index >= 15 is 0 Å². The van der Waals surface area contributed by atoms with Gasteiger partial charge in [0.15, 0.2) is 0 Å². The molecule has 1 amide bonds. The lowest BCUT2D eigenvalue weighted by molar-refractivity contribution is 0.0937. The Morgan fingerprint density at radius 2 is 2.37 bits per heavy atom. The Kier molecular flexibility index (Phi) is 4.52. The van der Waals surface area contributed by atoms with E-state index < -0.39 is 0 Å². The van der Waals surface area contributed by atoms with Crippen LogP contribution in [0.1, 0.15) is 36.5 Å². The van der Waals surface area contributed by atoms with E-state index in [0.717, 1.165) is 24.8 Å². The second-order valence-corrected chi connectivity index (χ2v) is 4.64. The zero-order chi connectivity index (χ0) is 13.7. The molecule has 0 aromatic carbocycles. The van der Waals surface area contributed by atoms with Gasteiger partial charge in [-0.15, -0.1) is 0 Å². The molecule has 0 radical (unpaired) electrons. The molecule has 2 aromatic heterocycles. The van der Waals surface area contributed by atoms with E-state index in [1.165, 1.54) is 0 Å². The molecule has 0 saturated carbocycles. The van der Waals surface area contributed by atoms with Crippen molar-refractivity contribution < 1.29 is 4.79 Å². The Balaban J connectivity index is 2.10. The van der Waals surface area contributed by atoms with Gasteiger partial charge in [0.25, 0.3) is 5.91 Å². The van der Waals surface area contributed by atoms with Gasteiger partial charge in [0.2, 0.25) is 0 Å². The fourth-order valence-electron chi connectivity index (χ4n) is 2.07. The van der Waals surface area contributed by atoms with Crippen LogP contribution >= 0.6 is 0 Å². The first-order chi connectivity index (χ1) is 9.26. The van der Waals surface area contributed by atoms with Gasteiger partial charge in [0.1, 0.15) is 0 Å². The molecule has 5 nitrogen and oxygen atoms in total. The number of nitrogens with two attached hydrogens (primary N) is 1. The highest BCUT2D eigenvalue weighted by molar-refractivity contribution is 6.00. The topological polar surface area (TPSA) is 72.4 Å². The van der Waals surface area contributed by atoms with Gasteiger partial charge < -0.3 is 11.1 Å². The highest BCUT2D eigenvalue weighted by atomic mass is 16.1. The van der Waals surface area contributed by atoms with E-state index in [2.05, 4.69) is 17.3 Å². The van der Waals surface area contributed by atoms with E-state index in [9.17, 15) is 4.79 Å². The van der Waals surface area contributed by atoms with E-state index in [1.54, 1.807) is 10.7 Å². The second kappa shape index (κ2) is 6.33. The fourth-order valence-corrected chi connectivity index (χ4v) is 2.07. The molecule has 0 aliphatic rings. The molecule has 2 heterocycles. The molecular weight excluding hydrogens is 240 g/mol. The number of carbonyl (C=O) groups is 1. The zero-order valence-corrected chi connectivity index (χ0v) is 11.2. The molecular formula is C14H20N4O.